The molecule has 10 heteroatoms. The Balaban J connectivity index is 1.63. The Hall–Kier alpha value is -3.92. The van der Waals surface area contributed by atoms with Crippen molar-refractivity contribution in [1.82, 2.24) is 10.2 Å². The van der Waals surface area contributed by atoms with Crippen LogP contribution >= 0.6 is 11.3 Å². The first-order valence-corrected chi connectivity index (χ1v) is 12.0. The van der Waals surface area contributed by atoms with Gasteiger partial charge >= 0.3 is 5.91 Å². The minimum absolute atomic E-state index is 0.0400. The molecule has 0 spiro atoms. The van der Waals surface area contributed by atoms with E-state index in [1.165, 1.54) is 16.2 Å². The van der Waals surface area contributed by atoms with Gasteiger partial charge in [-0.3, -0.25) is 14.5 Å². The predicted molar refractivity (Wildman–Crippen MR) is 129 cm³/mol. The zero-order chi connectivity index (χ0) is 24.5. The fourth-order valence-electron chi connectivity index (χ4n) is 4.04. The highest BCUT2D eigenvalue weighted by atomic mass is 32.1. The number of rotatable bonds is 6. The lowest BCUT2D eigenvalue weighted by Crippen LogP contribution is -2.29. The quantitative estimate of drug-likeness (QED) is 0.311. The number of nitrogens with zero attached hydrogens (tertiary/aromatic N) is 3. The van der Waals surface area contributed by atoms with Gasteiger partial charge in [0.2, 0.25) is 5.13 Å². The smallest absolute Gasteiger partial charge is 0.301 e. The highest BCUT2D eigenvalue weighted by molar-refractivity contribution is 7.15. The fraction of sp³-hybridized carbons (Fsp3) is 0.280. The predicted octanol–water partition coefficient (Wildman–Crippen LogP) is 4.03. The van der Waals surface area contributed by atoms with Gasteiger partial charge in [-0.05, 0) is 49.2 Å². The summed E-state index contributed by atoms with van der Waals surface area (Å²) >= 11 is 1.20. The summed E-state index contributed by atoms with van der Waals surface area (Å²) < 4.78 is 16.8. The van der Waals surface area contributed by atoms with Gasteiger partial charge in [-0.25, -0.2) is 0 Å². The number of amides is 1. The molecular formula is C25H23N3O6S. The number of ether oxygens (including phenoxy) is 3. The van der Waals surface area contributed by atoms with Crippen LogP contribution in [-0.4, -0.2) is 46.8 Å². The Morgan fingerprint density at radius 1 is 1.11 bits per heavy atom. The SMILES string of the molecule is CCCOc1ccc(C2/C(=C(\O)c3ccc4c(c3)OCCO4)C(=O)C(=O)N2c2nnc(C)s2)cc1. The van der Waals surface area contributed by atoms with E-state index in [-0.39, 0.29) is 16.5 Å². The Bertz CT molecular complexity index is 1320. The van der Waals surface area contributed by atoms with Crippen LogP contribution < -0.4 is 19.1 Å². The van der Waals surface area contributed by atoms with Crippen molar-refractivity contribution in [3.8, 4) is 17.2 Å². The van der Waals surface area contributed by atoms with E-state index in [9.17, 15) is 14.7 Å². The molecule has 1 N–H and O–H groups in total. The summed E-state index contributed by atoms with van der Waals surface area (Å²) in [7, 11) is 0. The van der Waals surface area contributed by atoms with Crippen molar-refractivity contribution in [2.75, 3.05) is 24.7 Å². The molecule has 1 atom stereocenters. The van der Waals surface area contributed by atoms with Crippen LogP contribution in [0.5, 0.6) is 17.2 Å². The van der Waals surface area contributed by atoms with Gasteiger partial charge in [-0.15, -0.1) is 10.2 Å². The molecule has 3 aromatic rings. The second-order valence-electron chi connectivity index (χ2n) is 8.05. The lowest BCUT2D eigenvalue weighted by molar-refractivity contribution is -0.132. The number of benzene rings is 2. The minimum Gasteiger partial charge on any atom is -0.507 e. The van der Waals surface area contributed by atoms with Gasteiger partial charge in [0.05, 0.1) is 18.2 Å². The molecule has 1 saturated heterocycles. The van der Waals surface area contributed by atoms with Crippen LogP contribution in [0.3, 0.4) is 0 Å². The third-order valence-electron chi connectivity index (χ3n) is 5.65. The monoisotopic (exact) mass is 493 g/mol. The van der Waals surface area contributed by atoms with E-state index in [1.54, 1.807) is 49.4 Å². The minimum atomic E-state index is -0.893. The Morgan fingerprint density at radius 3 is 2.54 bits per heavy atom. The Morgan fingerprint density at radius 2 is 1.86 bits per heavy atom. The Labute approximate surface area is 205 Å². The van der Waals surface area contributed by atoms with E-state index in [2.05, 4.69) is 10.2 Å². The van der Waals surface area contributed by atoms with E-state index < -0.39 is 17.7 Å². The number of carbonyl (C=O) groups excluding carboxylic acids is 2. The van der Waals surface area contributed by atoms with Crippen LogP contribution in [0.2, 0.25) is 0 Å². The molecule has 3 heterocycles. The number of carbonyl (C=O) groups is 2. The van der Waals surface area contributed by atoms with Gasteiger partial charge in [-0.1, -0.05) is 30.4 Å². The summed E-state index contributed by atoms with van der Waals surface area (Å²) in [5.74, 6) is -0.204. The second-order valence-corrected chi connectivity index (χ2v) is 9.21. The molecule has 1 aromatic heterocycles. The molecule has 0 saturated carbocycles. The van der Waals surface area contributed by atoms with E-state index in [0.717, 1.165) is 6.42 Å². The normalized spacial score (nSPS) is 18.7. The highest BCUT2D eigenvalue weighted by Gasteiger charge is 2.48. The van der Waals surface area contributed by atoms with Gasteiger partial charge in [0.15, 0.2) is 11.5 Å². The number of anilines is 1. The number of aliphatic hydroxyl groups excluding tert-OH is 1. The number of hydrogen-bond donors (Lipinski definition) is 1. The summed E-state index contributed by atoms with van der Waals surface area (Å²) in [6.45, 7) is 5.17. The maximum absolute atomic E-state index is 13.3. The number of Topliss-reactive ketones (excluding diaryl/α,β-unsaturated/α-hetero) is 1. The van der Waals surface area contributed by atoms with E-state index >= 15 is 0 Å². The van der Waals surface area contributed by atoms with E-state index in [1.807, 2.05) is 6.92 Å². The van der Waals surface area contributed by atoms with Crippen LogP contribution in [0.25, 0.3) is 5.76 Å². The standard InChI is InChI=1S/C25H23N3O6S/c1-3-10-32-17-7-4-15(5-8-17)21-20(23(30)24(31)28(21)25-27-26-14(2)35-25)22(29)16-6-9-18-19(13-16)34-12-11-33-18/h4-9,13,21,29H,3,10-12H2,1-2H3/b22-20+. The average molecular weight is 494 g/mol. The van der Waals surface area contributed by atoms with Crippen molar-refractivity contribution in [2.24, 2.45) is 0 Å². The zero-order valence-electron chi connectivity index (χ0n) is 19.2. The van der Waals surface area contributed by atoms with Crippen LogP contribution in [0.4, 0.5) is 5.13 Å². The molecule has 1 unspecified atom stereocenters. The molecular weight excluding hydrogens is 470 g/mol. The second kappa shape index (κ2) is 9.38. The summed E-state index contributed by atoms with van der Waals surface area (Å²) in [6, 6.07) is 11.1. The first kappa shape index (κ1) is 22.9. The number of aromatic nitrogens is 2. The van der Waals surface area contributed by atoms with Gasteiger partial charge < -0.3 is 19.3 Å². The van der Waals surface area contributed by atoms with Crippen molar-refractivity contribution >= 4 is 33.9 Å². The van der Waals surface area contributed by atoms with Gasteiger partial charge in [-0.2, -0.15) is 0 Å². The molecule has 2 aliphatic heterocycles. The summed E-state index contributed by atoms with van der Waals surface area (Å²) in [6.07, 6.45) is 0.869. The van der Waals surface area contributed by atoms with Crippen LogP contribution in [0, 0.1) is 6.92 Å². The first-order chi connectivity index (χ1) is 17.0. The molecule has 2 aromatic carbocycles. The number of aliphatic hydroxyl groups is 1. The lowest BCUT2D eigenvalue weighted by atomic mass is 9.95. The zero-order valence-corrected chi connectivity index (χ0v) is 20.0. The van der Waals surface area contributed by atoms with Crippen molar-refractivity contribution in [3.05, 3.63) is 64.2 Å². The summed E-state index contributed by atoms with van der Waals surface area (Å²) in [4.78, 5) is 27.7. The first-order valence-electron chi connectivity index (χ1n) is 11.2. The van der Waals surface area contributed by atoms with Crippen LogP contribution in [-0.2, 0) is 9.59 Å². The van der Waals surface area contributed by atoms with Gasteiger partial charge in [0, 0.05) is 5.56 Å². The van der Waals surface area contributed by atoms with Crippen LogP contribution in [0.1, 0.15) is 35.5 Å². The molecule has 35 heavy (non-hydrogen) atoms. The maximum Gasteiger partial charge on any atom is 0.301 e. The van der Waals surface area contributed by atoms with Crippen molar-refractivity contribution in [2.45, 2.75) is 26.3 Å². The largest absolute Gasteiger partial charge is 0.507 e. The molecule has 9 nitrogen and oxygen atoms in total. The molecule has 5 rings (SSSR count). The molecule has 2 aliphatic rings. The van der Waals surface area contributed by atoms with E-state index in [0.29, 0.717) is 53.2 Å². The van der Waals surface area contributed by atoms with Crippen molar-refractivity contribution < 1.29 is 28.9 Å². The van der Waals surface area contributed by atoms with Gasteiger partial charge in [0.25, 0.3) is 5.78 Å². The number of hydrogen-bond acceptors (Lipinski definition) is 9. The van der Waals surface area contributed by atoms with Crippen LogP contribution in [0.15, 0.2) is 48.0 Å². The fourth-order valence-corrected chi connectivity index (χ4v) is 4.76. The van der Waals surface area contributed by atoms with Gasteiger partial charge in [0.1, 0.15) is 29.7 Å². The average Bonchev–Trinajstić information content (AvgIpc) is 3.42. The number of fused-ring (bicyclic) bond motifs is 1. The molecule has 1 fully saturated rings. The Kier molecular flexibility index (Phi) is 6.12. The summed E-state index contributed by atoms with van der Waals surface area (Å²) in [5, 5.41) is 20.3. The molecule has 0 radical (unpaired) electrons. The third kappa shape index (κ3) is 4.21. The van der Waals surface area contributed by atoms with E-state index in [4.69, 9.17) is 14.2 Å². The van der Waals surface area contributed by atoms with Crippen molar-refractivity contribution in [1.29, 1.82) is 0 Å². The maximum atomic E-state index is 13.3. The topological polar surface area (TPSA) is 111 Å². The highest BCUT2D eigenvalue weighted by Crippen LogP contribution is 2.44. The lowest BCUT2D eigenvalue weighted by Gasteiger charge is -2.23. The third-order valence-corrected chi connectivity index (χ3v) is 6.49. The van der Waals surface area contributed by atoms with Crippen molar-refractivity contribution in [3.63, 3.8) is 0 Å². The number of aryl methyl sites for hydroxylation is 1. The summed E-state index contributed by atoms with van der Waals surface area (Å²) in [5.41, 5.74) is 0.926. The molecule has 0 bridgehead atoms. The molecule has 0 aliphatic carbocycles. The number of ketones is 1. The molecule has 1 amide bonds. The molecule has 180 valence electrons.